The van der Waals surface area contributed by atoms with E-state index >= 15 is 0 Å². The molecule has 0 aliphatic heterocycles. The molecule has 266 valence electrons. The summed E-state index contributed by atoms with van der Waals surface area (Å²) in [6.45, 7) is 5.64. The van der Waals surface area contributed by atoms with E-state index in [0.29, 0.717) is 12.5 Å². The molecule has 0 saturated heterocycles. The van der Waals surface area contributed by atoms with Crippen molar-refractivity contribution in [2.45, 2.75) is 13.8 Å². The van der Waals surface area contributed by atoms with Gasteiger partial charge in [0, 0.05) is 38.3 Å². The molecule has 0 atom stereocenters. The maximum atomic E-state index is 9.19. The molecule has 4 heterocycles. The summed E-state index contributed by atoms with van der Waals surface area (Å²) in [6, 6.07) is 8.23. The largest absolute Gasteiger partial charge is 0.495 e. The minimum absolute atomic E-state index is 0.715. The molecular weight excluding hydrogens is 705 g/mol. The highest BCUT2D eigenvalue weighted by molar-refractivity contribution is 7.85. The van der Waals surface area contributed by atoms with Crippen molar-refractivity contribution in [1.29, 1.82) is 0 Å². The van der Waals surface area contributed by atoms with E-state index < -0.39 is 20.2 Å². The van der Waals surface area contributed by atoms with E-state index in [2.05, 4.69) is 36.0 Å². The van der Waals surface area contributed by atoms with E-state index in [4.69, 9.17) is 38.0 Å². The van der Waals surface area contributed by atoms with Crippen LogP contribution in [0.25, 0.3) is 21.1 Å². The highest BCUT2D eigenvalue weighted by atomic mass is 32.2. The molecule has 14 nitrogen and oxygen atoms in total. The third kappa shape index (κ3) is 12.1. The van der Waals surface area contributed by atoms with Gasteiger partial charge in [-0.3, -0.25) is 19.1 Å². The molecule has 18 heteroatoms. The summed E-state index contributed by atoms with van der Waals surface area (Å²) in [5.41, 5.74) is 5.82. The number of likely N-dealkylation sites (N-methyl/N-ethyl adjacent to an activating group) is 2. The fraction of sp³-hybridized carbons (Fsp3) is 0.400. The highest BCUT2D eigenvalue weighted by Crippen LogP contribution is 2.47. The smallest absolute Gasteiger partial charge is 0.261 e. The van der Waals surface area contributed by atoms with Crippen LogP contribution in [-0.4, -0.2) is 104 Å². The Morgan fingerprint density at radius 2 is 0.958 bits per heavy atom. The highest BCUT2D eigenvalue weighted by Gasteiger charge is 2.20. The SMILES string of the molecule is COc1sc(-c2ccc(N(C)CCN(C)c3ccc(-c4sc(OC)c(C)c4OC)nc3)cn2)c(OC)c1C.CS(=O)(=O)O.CS(=O)(=O)O. The summed E-state index contributed by atoms with van der Waals surface area (Å²) < 4.78 is 73.9. The summed E-state index contributed by atoms with van der Waals surface area (Å²) >= 11 is 3.09. The van der Waals surface area contributed by atoms with Crippen molar-refractivity contribution >= 4 is 54.3 Å². The molecule has 0 saturated carbocycles. The average molecular weight is 747 g/mol. The van der Waals surface area contributed by atoms with Crippen LogP contribution in [0.2, 0.25) is 0 Å². The van der Waals surface area contributed by atoms with E-state index in [-0.39, 0.29) is 0 Å². The molecule has 0 spiro atoms. The van der Waals surface area contributed by atoms with Gasteiger partial charge in [-0.05, 0) is 38.1 Å². The monoisotopic (exact) mass is 746 g/mol. The molecule has 0 amide bonds. The third-order valence-corrected chi connectivity index (χ3v) is 9.00. The first-order valence-corrected chi connectivity index (χ1v) is 19.3. The summed E-state index contributed by atoms with van der Waals surface area (Å²) in [5, 5.41) is 1.68. The Kier molecular flexibility index (Phi) is 14.9. The number of methoxy groups -OCH3 is 4. The summed E-state index contributed by atoms with van der Waals surface area (Å²) in [5.74, 6) is 1.63. The first kappa shape index (κ1) is 40.5. The second-order valence-corrected chi connectivity index (χ2v) is 15.2. The van der Waals surface area contributed by atoms with Crippen LogP contribution < -0.4 is 28.7 Å². The average Bonchev–Trinajstić information content (AvgIpc) is 3.52. The zero-order valence-electron chi connectivity index (χ0n) is 28.5. The lowest BCUT2D eigenvalue weighted by atomic mass is 10.2. The molecule has 4 rings (SSSR count). The van der Waals surface area contributed by atoms with E-state index in [1.54, 1.807) is 51.1 Å². The maximum absolute atomic E-state index is 9.19. The Labute approximate surface area is 290 Å². The van der Waals surface area contributed by atoms with Gasteiger partial charge in [-0.25, -0.2) is 0 Å². The zero-order chi connectivity index (χ0) is 36.4. The molecule has 0 aliphatic carbocycles. The lowest BCUT2D eigenvalue weighted by Gasteiger charge is -2.25. The lowest BCUT2D eigenvalue weighted by molar-refractivity contribution is 0.400. The normalized spacial score (nSPS) is 11.0. The number of hydrogen-bond donors (Lipinski definition) is 2. The second kappa shape index (κ2) is 17.6. The van der Waals surface area contributed by atoms with Crippen molar-refractivity contribution in [2.75, 3.05) is 77.9 Å². The molecule has 0 aromatic carbocycles. The topological polar surface area (TPSA) is 178 Å². The lowest BCUT2D eigenvalue weighted by Crippen LogP contribution is -2.30. The molecule has 0 aliphatic rings. The van der Waals surface area contributed by atoms with E-state index in [1.807, 2.05) is 38.4 Å². The molecule has 0 bridgehead atoms. The summed E-state index contributed by atoms with van der Waals surface area (Å²) in [4.78, 5) is 15.8. The first-order chi connectivity index (χ1) is 22.3. The van der Waals surface area contributed by atoms with Crippen LogP contribution in [0.5, 0.6) is 21.6 Å². The predicted molar refractivity (Wildman–Crippen MR) is 192 cm³/mol. The van der Waals surface area contributed by atoms with Crippen molar-refractivity contribution in [3.8, 4) is 42.8 Å². The van der Waals surface area contributed by atoms with Crippen molar-refractivity contribution in [1.82, 2.24) is 9.97 Å². The number of nitrogens with zero attached hydrogens (tertiary/aromatic N) is 4. The van der Waals surface area contributed by atoms with Crippen LogP contribution in [-0.2, 0) is 20.2 Å². The Morgan fingerprint density at radius 1 is 0.646 bits per heavy atom. The number of hydrogen-bond acceptors (Lipinski definition) is 14. The Morgan fingerprint density at radius 3 is 1.19 bits per heavy atom. The van der Waals surface area contributed by atoms with Crippen molar-refractivity contribution in [2.24, 2.45) is 0 Å². The Bertz CT molecular complexity index is 1690. The van der Waals surface area contributed by atoms with Gasteiger partial charge in [-0.15, -0.1) is 0 Å². The number of rotatable bonds is 11. The minimum atomic E-state index is -3.67. The summed E-state index contributed by atoms with van der Waals surface area (Å²) in [6.07, 6.45) is 5.23. The van der Waals surface area contributed by atoms with E-state index in [0.717, 1.165) is 78.4 Å². The number of ether oxygens (including phenoxy) is 4. The zero-order valence-corrected chi connectivity index (χ0v) is 31.7. The van der Waals surface area contributed by atoms with Crippen LogP contribution >= 0.6 is 22.7 Å². The standard InChI is InChI=1S/C28H34N4O4S2.2CH4O3S/c1-17-23(33-5)25(37-27(17)35-7)21-11-9-19(15-29-21)31(3)13-14-32(4)20-10-12-22(30-16-20)26-24(34-6)18(2)28(36-8)38-26;2*1-5(2,3)4/h9-12,15-16H,13-14H2,1-8H3;2*1H3,(H,2,3,4). The van der Waals surface area contributed by atoms with Gasteiger partial charge in [0.15, 0.2) is 10.1 Å². The quantitative estimate of drug-likeness (QED) is 0.192. The molecule has 0 fully saturated rings. The van der Waals surface area contributed by atoms with Gasteiger partial charge in [-0.2, -0.15) is 16.8 Å². The second-order valence-electron chi connectivity index (χ2n) is 10.3. The van der Waals surface area contributed by atoms with Crippen LogP contribution in [0.1, 0.15) is 11.1 Å². The first-order valence-electron chi connectivity index (χ1n) is 14.0. The Hall–Kier alpha value is -3.68. The van der Waals surface area contributed by atoms with Gasteiger partial charge in [0.2, 0.25) is 0 Å². The van der Waals surface area contributed by atoms with Crippen LogP contribution in [0.3, 0.4) is 0 Å². The fourth-order valence-corrected chi connectivity index (χ4v) is 6.36. The van der Waals surface area contributed by atoms with Gasteiger partial charge >= 0.3 is 0 Å². The van der Waals surface area contributed by atoms with E-state index in [9.17, 15) is 16.8 Å². The molecule has 0 unspecified atom stereocenters. The molecule has 4 aromatic rings. The van der Waals surface area contributed by atoms with Crippen LogP contribution in [0.15, 0.2) is 36.7 Å². The van der Waals surface area contributed by atoms with Gasteiger partial charge in [0.1, 0.15) is 11.5 Å². The van der Waals surface area contributed by atoms with Gasteiger partial charge < -0.3 is 28.7 Å². The van der Waals surface area contributed by atoms with Gasteiger partial charge in [0.25, 0.3) is 20.2 Å². The summed E-state index contributed by atoms with van der Waals surface area (Å²) in [7, 11) is 3.52. The van der Waals surface area contributed by atoms with E-state index in [1.165, 1.54) is 0 Å². The fourth-order valence-electron chi connectivity index (χ4n) is 4.23. The van der Waals surface area contributed by atoms with Crippen LogP contribution in [0.4, 0.5) is 11.4 Å². The molecular formula is C30H42N4O10S4. The minimum Gasteiger partial charge on any atom is -0.495 e. The van der Waals surface area contributed by atoms with Gasteiger partial charge in [-0.1, -0.05) is 22.7 Å². The van der Waals surface area contributed by atoms with Crippen molar-refractivity contribution in [3.05, 3.63) is 47.8 Å². The number of pyridine rings is 2. The third-order valence-electron chi connectivity index (χ3n) is 6.49. The van der Waals surface area contributed by atoms with Gasteiger partial charge in [0.05, 0.1) is 85.9 Å². The number of anilines is 2. The molecule has 0 radical (unpaired) electrons. The maximum Gasteiger partial charge on any atom is 0.261 e. The predicted octanol–water partition coefficient (Wildman–Crippen LogP) is 5.17. The molecule has 2 N–H and O–H groups in total. The number of thiophene rings is 2. The van der Waals surface area contributed by atoms with Crippen molar-refractivity contribution < 1.29 is 44.9 Å². The van der Waals surface area contributed by atoms with Crippen molar-refractivity contribution in [3.63, 3.8) is 0 Å². The van der Waals surface area contributed by atoms with Crippen LogP contribution in [0, 0.1) is 13.8 Å². The Balaban J connectivity index is 0.000000700. The number of aromatic nitrogens is 2. The molecule has 4 aromatic heterocycles. The molecule has 48 heavy (non-hydrogen) atoms.